The molecule has 2 amide bonds. The van der Waals surface area contributed by atoms with Crippen LogP contribution in [0.4, 0.5) is 11.4 Å². The lowest BCUT2D eigenvalue weighted by Gasteiger charge is -2.15. The molecule has 3 rings (SSSR count). The van der Waals surface area contributed by atoms with E-state index in [4.69, 9.17) is 16.9 Å². The molecule has 0 bridgehead atoms. The summed E-state index contributed by atoms with van der Waals surface area (Å²) in [6, 6.07) is 14.2. The smallest absolute Gasteiger partial charge is 0.228 e. The van der Waals surface area contributed by atoms with Crippen LogP contribution in [-0.4, -0.2) is 18.4 Å². The summed E-state index contributed by atoms with van der Waals surface area (Å²) in [5.41, 5.74) is 2.64. The molecule has 1 aliphatic heterocycles. The van der Waals surface area contributed by atoms with Gasteiger partial charge >= 0.3 is 0 Å². The first-order valence-electron chi connectivity index (χ1n) is 7.95. The number of amides is 2. The number of carbonyl (C=O) groups is 2. The van der Waals surface area contributed by atoms with Gasteiger partial charge in [-0.3, -0.25) is 9.59 Å². The van der Waals surface area contributed by atoms with Gasteiger partial charge in [0.05, 0.1) is 17.0 Å². The van der Waals surface area contributed by atoms with Crippen LogP contribution in [0.5, 0.6) is 0 Å². The van der Waals surface area contributed by atoms with E-state index < -0.39 is 0 Å². The standard InChI is InChI=1S/C19H16ClN3O2/c20-17-11-15(6-5-14(17)12-21)22-18(24)10-13-3-7-16(8-4-13)23-9-1-2-19(23)25/h3-8,11H,1-2,9-10H2,(H,22,24). The average Bonchev–Trinajstić information content (AvgIpc) is 3.02. The molecule has 0 radical (unpaired) electrons. The number of hydrogen-bond acceptors (Lipinski definition) is 3. The van der Waals surface area contributed by atoms with Crippen molar-refractivity contribution >= 4 is 34.8 Å². The van der Waals surface area contributed by atoms with Gasteiger partial charge in [0.1, 0.15) is 6.07 Å². The van der Waals surface area contributed by atoms with Gasteiger partial charge in [0.15, 0.2) is 0 Å². The highest BCUT2D eigenvalue weighted by molar-refractivity contribution is 6.32. The zero-order chi connectivity index (χ0) is 17.8. The Morgan fingerprint density at radius 3 is 2.60 bits per heavy atom. The quantitative estimate of drug-likeness (QED) is 0.913. The summed E-state index contributed by atoms with van der Waals surface area (Å²) in [5, 5.41) is 11.9. The van der Waals surface area contributed by atoms with Gasteiger partial charge in [-0.2, -0.15) is 5.26 Å². The van der Waals surface area contributed by atoms with Crippen molar-refractivity contribution in [2.75, 3.05) is 16.8 Å². The summed E-state index contributed by atoms with van der Waals surface area (Å²) in [6.45, 7) is 0.748. The van der Waals surface area contributed by atoms with Crippen molar-refractivity contribution in [1.82, 2.24) is 0 Å². The first-order valence-corrected chi connectivity index (χ1v) is 8.33. The van der Waals surface area contributed by atoms with E-state index in [1.807, 2.05) is 30.3 Å². The second-order valence-corrected chi connectivity index (χ2v) is 6.25. The molecule has 2 aromatic rings. The third kappa shape index (κ3) is 3.98. The number of anilines is 2. The number of hydrogen-bond donors (Lipinski definition) is 1. The van der Waals surface area contributed by atoms with Gasteiger partial charge in [-0.25, -0.2) is 0 Å². The van der Waals surface area contributed by atoms with Gasteiger partial charge in [0.2, 0.25) is 11.8 Å². The maximum absolute atomic E-state index is 12.2. The predicted octanol–water partition coefficient (Wildman–Crippen LogP) is 3.52. The van der Waals surface area contributed by atoms with E-state index in [1.165, 1.54) is 0 Å². The molecular formula is C19H16ClN3O2. The molecule has 0 spiro atoms. The van der Waals surface area contributed by atoms with Gasteiger partial charge in [-0.1, -0.05) is 23.7 Å². The van der Waals surface area contributed by atoms with Gasteiger partial charge in [0.25, 0.3) is 0 Å². The van der Waals surface area contributed by atoms with E-state index in [-0.39, 0.29) is 18.2 Å². The summed E-state index contributed by atoms with van der Waals surface area (Å²) in [5.74, 6) is -0.0334. The molecule has 0 atom stereocenters. The van der Waals surface area contributed by atoms with Gasteiger partial charge in [-0.05, 0) is 42.3 Å². The maximum Gasteiger partial charge on any atom is 0.228 e. The second kappa shape index (κ2) is 7.37. The first kappa shape index (κ1) is 17.0. The van der Waals surface area contributed by atoms with Crippen LogP contribution >= 0.6 is 11.6 Å². The molecule has 0 saturated carbocycles. The highest BCUT2D eigenvalue weighted by Gasteiger charge is 2.21. The SMILES string of the molecule is N#Cc1ccc(NC(=O)Cc2ccc(N3CCCC3=O)cc2)cc1Cl. The van der Waals surface area contributed by atoms with Crippen molar-refractivity contribution < 1.29 is 9.59 Å². The number of benzene rings is 2. The Balaban J connectivity index is 1.62. The van der Waals surface area contributed by atoms with Crippen LogP contribution in [0.25, 0.3) is 0 Å². The van der Waals surface area contributed by atoms with Crippen LogP contribution in [0.15, 0.2) is 42.5 Å². The van der Waals surface area contributed by atoms with E-state index in [2.05, 4.69) is 5.32 Å². The Bertz CT molecular complexity index is 856. The average molecular weight is 354 g/mol. The Labute approximate surface area is 150 Å². The fourth-order valence-electron chi connectivity index (χ4n) is 2.79. The molecule has 1 aliphatic rings. The molecule has 5 nitrogen and oxygen atoms in total. The highest BCUT2D eigenvalue weighted by atomic mass is 35.5. The molecule has 2 aromatic carbocycles. The Morgan fingerprint density at radius 2 is 2.00 bits per heavy atom. The maximum atomic E-state index is 12.2. The first-order chi connectivity index (χ1) is 12.1. The lowest BCUT2D eigenvalue weighted by Crippen LogP contribution is -2.23. The lowest BCUT2D eigenvalue weighted by atomic mass is 10.1. The minimum atomic E-state index is -0.175. The molecule has 1 fully saturated rings. The summed E-state index contributed by atoms with van der Waals surface area (Å²) >= 11 is 5.96. The Morgan fingerprint density at radius 1 is 1.24 bits per heavy atom. The molecule has 1 saturated heterocycles. The van der Waals surface area contributed by atoms with E-state index >= 15 is 0 Å². The summed E-state index contributed by atoms with van der Waals surface area (Å²) in [4.78, 5) is 25.7. The summed E-state index contributed by atoms with van der Waals surface area (Å²) < 4.78 is 0. The highest BCUT2D eigenvalue weighted by Crippen LogP contribution is 2.22. The number of carbonyl (C=O) groups excluding carboxylic acids is 2. The van der Waals surface area contributed by atoms with E-state index in [0.717, 1.165) is 24.2 Å². The minimum absolute atomic E-state index is 0.142. The summed E-state index contributed by atoms with van der Waals surface area (Å²) in [7, 11) is 0. The Kier molecular flexibility index (Phi) is 5.01. The van der Waals surface area contributed by atoms with Crippen LogP contribution in [0.2, 0.25) is 5.02 Å². The van der Waals surface area contributed by atoms with Crippen LogP contribution in [0.1, 0.15) is 24.0 Å². The fourth-order valence-corrected chi connectivity index (χ4v) is 3.01. The molecule has 1 heterocycles. The van der Waals surface area contributed by atoms with Crippen molar-refractivity contribution in [3.63, 3.8) is 0 Å². The largest absolute Gasteiger partial charge is 0.326 e. The number of rotatable bonds is 4. The zero-order valence-corrected chi connectivity index (χ0v) is 14.2. The van der Waals surface area contributed by atoms with Crippen molar-refractivity contribution in [3.05, 3.63) is 58.6 Å². The van der Waals surface area contributed by atoms with E-state index in [1.54, 1.807) is 23.1 Å². The molecule has 0 aliphatic carbocycles. The van der Waals surface area contributed by atoms with Gasteiger partial charge < -0.3 is 10.2 Å². The van der Waals surface area contributed by atoms with Gasteiger partial charge in [0, 0.05) is 24.3 Å². The number of nitrogens with zero attached hydrogens (tertiary/aromatic N) is 2. The molecular weight excluding hydrogens is 338 g/mol. The minimum Gasteiger partial charge on any atom is -0.326 e. The van der Waals surface area contributed by atoms with Crippen LogP contribution < -0.4 is 10.2 Å². The number of nitriles is 1. The lowest BCUT2D eigenvalue weighted by molar-refractivity contribution is -0.117. The van der Waals surface area contributed by atoms with Crippen LogP contribution in [0.3, 0.4) is 0 Å². The van der Waals surface area contributed by atoms with Crippen molar-refractivity contribution in [1.29, 1.82) is 5.26 Å². The van der Waals surface area contributed by atoms with Crippen molar-refractivity contribution in [2.24, 2.45) is 0 Å². The molecule has 126 valence electrons. The molecule has 6 heteroatoms. The zero-order valence-electron chi connectivity index (χ0n) is 13.5. The van der Waals surface area contributed by atoms with Gasteiger partial charge in [-0.15, -0.1) is 0 Å². The van der Waals surface area contributed by atoms with Crippen molar-refractivity contribution in [3.8, 4) is 6.07 Å². The normalized spacial score (nSPS) is 13.6. The Hall–Kier alpha value is -2.84. The topological polar surface area (TPSA) is 73.2 Å². The third-order valence-electron chi connectivity index (χ3n) is 4.06. The number of nitrogens with one attached hydrogen (secondary N) is 1. The molecule has 0 unspecified atom stereocenters. The second-order valence-electron chi connectivity index (χ2n) is 5.85. The summed E-state index contributed by atoms with van der Waals surface area (Å²) in [6.07, 6.45) is 1.69. The fraction of sp³-hybridized carbons (Fsp3) is 0.211. The monoisotopic (exact) mass is 353 g/mol. The van der Waals surface area contributed by atoms with Crippen molar-refractivity contribution in [2.45, 2.75) is 19.3 Å². The van der Waals surface area contributed by atoms with Crippen LogP contribution in [0, 0.1) is 11.3 Å². The molecule has 0 aromatic heterocycles. The third-order valence-corrected chi connectivity index (χ3v) is 4.37. The van der Waals surface area contributed by atoms with E-state index in [0.29, 0.717) is 22.7 Å². The molecule has 25 heavy (non-hydrogen) atoms. The number of halogens is 1. The predicted molar refractivity (Wildman–Crippen MR) is 96.5 cm³/mol. The molecule has 1 N–H and O–H groups in total. The van der Waals surface area contributed by atoms with Crippen LogP contribution in [-0.2, 0) is 16.0 Å². The van der Waals surface area contributed by atoms with E-state index in [9.17, 15) is 9.59 Å².